The van der Waals surface area contributed by atoms with E-state index in [0.29, 0.717) is 24.7 Å². The van der Waals surface area contributed by atoms with Crippen molar-refractivity contribution in [1.82, 2.24) is 9.62 Å². The molecule has 0 saturated carbocycles. The fourth-order valence-electron chi connectivity index (χ4n) is 2.89. The van der Waals surface area contributed by atoms with E-state index in [1.807, 2.05) is 30.3 Å². The molecule has 1 heterocycles. The molecule has 0 amide bonds. The van der Waals surface area contributed by atoms with Crippen LogP contribution in [0.25, 0.3) is 0 Å². The van der Waals surface area contributed by atoms with Crippen molar-refractivity contribution >= 4 is 10.0 Å². The molecule has 0 unspecified atom stereocenters. The lowest BCUT2D eigenvalue weighted by molar-refractivity contribution is 0.0172. The van der Waals surface area contributed by atoms with Crippen LogP contribution >= 0.6 is 0 Å². The Morgan fingerprint density at radius 3 is 2.17 bits per heavy atom. The molecule has 0 spiro atoms. The number of nitrogens with zero attached hydrogens (tertiary/aromatic N) is 1. The summed E-state index contributed by atoms with van der Waals surface area (Å²) in [6.07, 6.45) is 0. The molecular weight excluding hydrogens is 324 g/mol. The molecule has 1 N–H and O–H groups in total. The number of nitrogens with one attached hydrogen (secondary N) is 1. The predicted octanol–water partition coefficient (Wildman–Crippen LogP) is 2.04. The zero-order chi connectivity index (χ0) is 16.8. The SMILES string of the molecule is O=S(=O)(NC[C@@H](c1ccccc1)N1CCOCC1)c1ccccc1. The summed E-state index contributed by atoms with van der Waals surface area (Å²) < 4.78 is 33.2. The van der Waals surface area contributed by atoms with E-state index >= 15 is 0 Å². The standard InChI is InChI=1S/C18H22N2O3S/c21-24(22,17-9-5-2-6-10-17)19-15-18(16-7-3-1-4-8-16)20-11-13-23-14-12-20/h1-10,18-19H,11-15H2/t18-/m0/s1. The zero-order valence-electron chi connectivity index (χ0n) is 13.5. The topological polar surface area (TPSA) is 58.6 Å². The summed E-state index contributed by atoms with van der Waals surface area (Å²) in [7, 11) is -3.51. The van der Waals surface area contributed by atoms with Gasteiger partial charge in [0.15, 0.2) is 0 Å². The number of hydrogen-bond acceptors (Lipinski definition) is 4. The van der Waals surface area contributed by atoms with Crippen molar-refractivity contribution in [3.05, 3.63) is 66.2 Å². The van der Waals surface area contributed by atoms with E-state index in [4.69, 9.17) is 4.74 Å². The molecule has 2 aromatic rings. The molecule has 3 rings (SSSR count). The maximum absolute atomic E-state index is 12.5. The van der Waals surface area contributed by atoms with E-state index in [2.05, 4.69) is 9.62 Å². The number of sulfonamides is 1. The minimum absolute atomic E-state index is 0.00594. The number of hydrogen-bond donors (Lipinski definition) is 1. The first kappa shape index (κ1) is 17.1. The highest BCUT2D eigenvalue weighted by molar-refractivity contribution is 7.89. The fourth-order valence-corrected chi connectivity index (χ4v) is 3.95. The molecule has 1 atom stereocenters. The van der Waals surface area contributed by atoms with Gasteiger partial charge in [-0.15, -0.1) is 0 Å². The lowest BCUT2D eigenvalue weighted by atomic mass is 10.1. The van der Waals surface area contributed by atoms with Gasteiger partial charge in [0.2, 0.25) is 10.0 Å². The van der Waals surface area contributed by atoms with Crippen LogP contribution in [0, 0.1) is 0 Å². The summed E-state index contributed by atoms with van der Waals surface area (Å²) in [5, 5.41) is 0. The van der Waals surface area contributed by atoms with Crippen molar-refractivity contribution in [2.75, 3.05) is 32.8 Å². The van der Waals surface area contributed by atoms with Crippen LogP contribution in [0.1, 0.15) is 11.6 Å². The average Bonchev–Trinajstić information content (AvgIpc) is 2.64. The molecule has 128 valence electrons. The molecule has 1 aliphatic rings. The molecule has 6 heteroatoms. The Morgan fingerprint density at radius 2 is 1.54 bits per heavy atom. The normalized spacial score (nSPS) is 17.5. The minimum atomic E-state index is -3.51. The van der Waals surface area contributed by atoms with E-state index in [0.717, 1.165) is 18.7 Å². The van der Waals surface area contributed by atoms with E-state index in [9.17, 15) is 8.42 Å². The zero-order valence-corrected chi connectivity index (χ0v) is 14.3. The number of rotatable bonds is 6. The van der Waals surface area contributed by atoms with Crippen molar-refractivity contribution in [3.8, 4) is 0 Å². The summed E-state index contributed by atoms with van der Waals surface area (Å²) in [5.74, 6) is 0. The van der Waals surface area contributed by atoms with Crippen molar-refractivity contribution in [3.63, 3.8) is 0 Å². The molecule has 0 aromatic heterocycles. The van der Waals surface area contributed by atoms with Gasteiger partial charge in [-0.05, 0) is 17.7 Å². The Balaban J connectivity index is 1.77. The fraction of sp³-hybridized carbons (Fsp3) is 0.333. The van der Waals surface area contributed by atoms with Crippen LogP contribution in [0.5, 0.6) is 0 Å². The Labute approximate surface area is 143 Å². The van der Waals surface area contributed by atoms with Gasteiger partial charge in [0, 0.05) is 25.7 Å². The quantitative estimate of drug-likeness (QED) is 0.870. The first-order valence-corrected chi connectivity index (χ1v) is 9.56. The van der Waals surface area contributed by atoms with Crippen molar-refractivity contribution in [2.24, 2.45) is 0 Å². The third-order valence-electron chi connectivity index (χ3n) is 4.19. The summed E-state index contributed by atoms with van der Waals surface area (Å²) in [4.78, 5) is 2.56. The van der Waals surface area contributed by atoms with E-state index in [-0.39, 0.29) is 6.04 Å². The van der Waals surface area contributed by atoms with Crippen LogP contribution in [-0.4, -0.2) is 46.2 Å². The number of morpholine rings is 1. The van der Waals surface area contributed by atoms with Gasteiger partial charge in [-0.2, -0.15) is 0 Å². The van der Waals surface area contributed by atoms with Crippen molar-refractivity contribution < 1.29 is 13.2 Å². The van der Waals surface area contributed by atoms with Crippen LogP contribution < -0.4 is 4.72 Å². The Bertz CT molecular complexity index is 729. The summed E-state index contributed by atoms with van der Waals surface area (Å²) in [6, 6.07) is 18.5. The smallest absolute Gasteiger partial charge is 0.240 e. The van der Waals surface area contributed by atoms with Crippen LogP contribution in [0.3, 0.4) is 0 Å². The number of ether oxygens (including phenoxy) is 1. The van der Waals surface area contributed by atoms with Gasteiger partial charge in [-0.25, -0.2) is 13.1 Å². The predicted molar refractivity (Wildman–Crippen MR) is 93.2 cm³/mol. The molecule has 24 heavy (non-hydrogen) atoms. The maximum Gasteiger partial charge on any atom is 0.240 e. The van der Waals surface area contributed by atoms with Crippen LogP contribution in [-0.2, 0) is 14.8 Å². The number of benzene rings is 2. The average molecular weight is 346 g/mol. The first-order valence-electron chi connectivity index (χ1n) is 8.08. The highest BCUT2D eigenvalue weighted by atomic mass is 32.2. The van der Waals surface area contributed by atoms with Crippen LogP contribution in [0.2, 0.25) is 0 Å². The summed E-state index contributed by atoms with van der Waals surface area (Å²) in [5.41, 5.74) is 1.11. The minimum Gasteiger partial charge on any atom is -0.379 e. The lowest BCUT2D eigenvalue weighted by Crippen LogP contribution is -2.43. The molecule has 0 aliphatic carbocycles. The van der Waals surface area contributed by atoms with Gasteiger partial charge < -0.3 is 4.74 Å². The van der Waals surface area contributed by atoms with Gasteiger partial charge in [0.1, 0.15) is 0 Å². The van der Waals surface area contributed by atoms with Gasteiger partial charge >= 0.3 is 0 Å². The highest BCUT2D eigenvalue weighted by Gasteiger charge is 2.24. The second-order valence-corrected chi connectivity index (χ2v) is 7.51. The van der Waals surface area contributed by atoms with Crippen LogP contribution in [0.15, 0.2) is 65.6 Å². The van der Waals surface area contributed by atoms with Gasteiger partial charge in [-0.3, -0.25) is 4.90 Å². The first-order chi connectivity index (χ1) is 11.7. The lowest BCUT2D eigenvalue weighted by Gasteiger charge is -2.34. The van der Waals surface area contributed by atoms with Crippen molar-refractivity contribution in [1.29, 1.82) is 0 Å². The Kier molecular flexibility index (Phi) is 5.63. The third-order valence-corrected chi connectivity index (χ3v) is 5.63. The van der Waals surface area contributed by atoms with E-state index in [1.54, 1.807) is 30.3 Å². The summed E-state index contributed by atoms with van der Waals surface area (Å²) in [6.45, 7) is 3.28. The Morgan fingerprint density at radius 1 is 0.958 bits per heavy atom. The molecule has 5 nitrogen and oxygen atoms in total. The monoisotopic (exact) mass is 346 g/mol. The van der Waals surface area contributed by atoms with Gasteiger partial charge in [0.05, 0.1) is 18.1 Å². The molecule has 0 radical (unpaired) electrons. The van der Waals surface area contributed by atoms with Crippen molar-refractivity contribution in [2.45, 2.75) is 10.9 Å². The summed E-state index contributed by atoms with van der Waals surface area (Å²) >= 11 is 0. The molecule has 0 bridgehead atoms. The Hall–Kier alpha value is -1.73. The third kappa shape index (κ3) is 4.21. The van der Waals surface area contributed by atoms with Crippen LogP contribution in [0.4, 0.5) is 0 Å². The highest BCUT2D eigenvalue weighted by Crippen LogP contribution is 2.22. The maximum atomic E-state index is 12.5. The molecule has 2 aromatic carbocycles. The van der Waals surface area contributed by atoms with Gasteiger partial charge in [0.25, 0.3) is 0 Å². The molecule has 1 saturated heterocycles. The molecule has 1 aliphatic heterocycles. The van der Waals surface area contributed by atoms with E-state index < -0.39 is 10.0 Å². The van der Waals surface area contributed by atoms with Gasteiger partial charge in [-0.1, -0.05) is 48.5 Å². The molecular formula is C18H22N2O3S. The largest absolute Gasteiger partial charge is 0.379 e. The second kappa shape index (κ2) is 7.90. The molecule has 1 fully saturated rings. The van der Waals surface area contributed by atoms with E-state index in [1.165, 1.54) is 0 Å². The second-order valence-electron chi connectivity index (χ2n) is 5.74.